The second-order valence-electron chi connectivity index (χ2n) is 5.42. The predicted molar refractivity (Wildman–Crippen MR) is 93.6 cm³/mol. The van der Waals surface area contributed by atoms with Crippen LogP contribution >= 0.6 is 0 Å². The van der Waals surface area contributed by atoms with E-state index in [1.54, 1.807) is 36.4 Å². The van der Waals surface area contributed by atoms with Crippen molar-refractivity contribution in [1.82, 2.24) is 0 Å². The van der Waals surface area contributed by atoms with E-state index in [1.807, 2.05) is 18.2 Å². The summed E-state index contributed by atoms with van der Waals surface area (Å²) in [4.78, 5) is 10.8. The van der Waals surface area contributed by atoms with Gasteiger partial charge in [0.05, 0.1) is 5.56 Å². The van der Waals surface area contributed by atoms with Crippen LogP contribution in [-0.4, -0.2) is 11.1 Å². The fourth-order valence-electron chi connectivity index (χ4n) is 2.29. The van der Waals surface area contributed by atoms with Crippen molar-refractivity contribution >= 4 is 11.7 Å². The molecule has 0 heterocycles. The van der Waals surface area contributed by atoms with Crippen molar-refractivity contribution in [2.45, 2.75) is 6.54 Å². The Kier molecular flexibility index (Phi) is 4.95. The summed E-state index contributed by atoms with van der Waals surface area (Å²) in [5.74, 6) is -0.673. The zero-order chi connectivity index (χ0) is 17.6. The van der Waals surface area contributed by atoms with Crippen LogP contribution in [0.4, 0.5) is 10.1 Å². The van der Waals surface area contributed by atoms with E-state index in [0.29, 0.717) is 12.3 Å². The number of nitrogens with one attached hydrogen (secondary N) is 1. The Morgan fingerprint density at radius 1 is 1.00 bits per heavy atom. The minimum absolute atomic E-state index is 0.159. The molecule has 0 aliphatic rings. The molecule has 0 unspecified atom stereocenters. The number of carboxylic acids is 1. The van der Waals surface area contributed by atoms with Crippen LogP contribution in [0.25, 0.3) is 0 Å². The van der Waals surface area contributed by atoms with E-state index >= 15 is 0 Å². The maximum absolute atomic E-state index is 13.9. The van der Waals surface area contributed by atoms with Crippen LogP contribution < -0.4 is 10.1 Å². The Bertz CT molecular complexity index is 864. The van der Waals surface area contributed by atoms with Crippen molar-refractivity contribution < 1.29 is 19.0 Å². The van der Waals surface area contributed by atoms with Crippen molar-refractivity contribution in [2.75, 3.05) is 5.32 Å². The highest BCUT2D eigenvalue weighted by molar-refractivity contribution is 5.87. The van der Waals surface area contributed by atoms with Gasteiger partial charge in [-0.05, 0) is 54.1 Å². The van der Waals surface area contributed by atoms with E-state index in [0.717, 1.165) is 11.3 Å². The highest BCUT2D eigenvalue weighted by atomic mass is 19.1. The molecule has 3 rings (SSSR count). The van der Waals surface area contributed by atoms with Gasteiger partial charge in [0.25, 0.3) is 0 Å². The Balaban J connectivity index is 1.68. The molecular weight excluding hydrogens is 321 g/mol. The van der Waals surface area contributed by atoms with Gasteiger partial charge in [-0.1, -0.05) is 24.3 Å². The van der Waals surface area contributed by atoms with Gasteiger partial charge in [0, 0.05) is 12.2 Å². The van der Waals surface area contributed by atoms with Crippen LogP contribution in [0.2, 0.25) is 0 Å². The molecule has 0 spiro atoms. The number of carbonyl (C=O) groups is 1. The standard InChI is InChI=1S/C20H16FNO3/c21-18-11-6-14(12-19(18)25-17-4-2-1-3-5-17)13-22-16-9-7-15(8-10-16)20(23)24/h1-12,22H,13H2,(H,23,24). The molecule has 25 heavy (non-hydrogen) atoms. The zero-order valence-corrected chi connectivity index (χ0v) is 13.3. The third-order valence-electron chi connectivity index (χ3n) is 3.60. The van der Waals surface area contributed by atoms with E-state index in [9.17, 15) is 9.18 Å². The third-order valence-corrected chi connectivity index (χ3v) is 3.60. The highest BCUT2D eigenvalue weighted by Crippen LogP contribution is 2.25. The average molecular weight is 337 g/mol. The van der Waals surface area contributed by atoms with Gasteiger partial charge < -0.3 is 15.2 Å². The van der Waals surface area contributed by atoms with Crippen molar-refractivity contribution in [1.29, 1.82) is 0 Å². The largest absolute Gasteiger partial charge is 0.478 e. The number of hydrogen-bond donors (Lipinski definition) is 2. The number of rotatable bonds is 6. The first-order valence-electron chi connectivity index (χ1n) is 7.70. The molecule has 0 saturated heterocycles. The molecule has 2 N–H and O–H groups in total. The highest BCUT2D eigenvalue weighted by Gasteiger charge is 2.07. The molecule has 3 aromatic carbocycles. The molecule has 126 valence electrons. The molecule has 3 aromatic rings. The molecule has 0 aliphatic carbocycles. The molecule has 4 nitrogen and oxygen atoms in total. The first kappa shape index (κ1) is 16.5. The summed E-state index contributed by atoms with van der Waals surface area (Å²) in [6.07, 6.45) is 0. The summed E-state index contributed by atoms with van der Waals surface area (Å²) in [5, 5.41) is 12.1. The maximum atomic E-state index is 13.9. The Morgan fingerprint density at radius 2 is 1.72 bits per heavy atom. The van der Waals surface area contributed by atoms with E-state index in [2.05, 4.69) is 5.32 Å². The minimum atomic E-state index is -0.965. The third kappa shape index (κ3) is 4.35. The topological polar surface area (TPSA) is 58.6 Å². The second kappa shape index (κ2) is 7.49. The molecule has 0 aliphatic heterocycles. The summed E-state index contributed by atoms with van der Waals surface area (Å²) in [7, 11) is 0. The summed E-state index contributed by atoms with van der Waals surface area (Å²) in [5.41, 5.74) is 1.85. The van der Waals surface area contributed by atoms with E-state index in [4.69, 9.17) is 9.84 Å². The van der Waals surface area contributed by atoms with Gasteiger partial charge in [0.15, 0.2) is 11.6 Å². The summed E-state index contributed by atoms with van der Waals surface area (Å²) in [6, 6.07) is 20.1. The normalized spacial score (nSPS) is 10.3. The maximum Gasteiger partial charge on any atom is 0.335 e. The smallest absolute Gasteiger partial charge is 0.335 e. The Labute approximate surface area is 144 Å². The summed E-state index contributed by atoms with van der Waals surface area (Å²) in [6.45, 7) is 0.456. The van der Waals surface area contributed by atoms with E-state index in [-0.39, 0.29) is 11.3 Å². The lowest BCUT2D eigenvalue weighted by atomic mass is 10.2. The number of aromatic carboxylic acids is 1. The number of benzene rings is 3. The molecule has 0 aromatic heterocycles. The van der Waals surface area contributed by atoms with Crippen LogP contribution in [0, 0.1) is 5.82 Å². The Hall–Kier alpha value is -3.34. The van der Waals surface area contributed by atoms with Gasteiger partial charge in [-0.15, -0.1) is 0 Å². The van der Waals surface area contributed by atoms with Crippen molar-refractivity contribution in [3.63, 3.8) is 0 Å². The van der Waals surface area contributed by atoms with Gasteiger partial charge >= 0.3 is 5.97 Å². The fourth-order valence-corrected chi connectivity index (χ4v) is 2.29. The summed E-state index contributed by atoms with van der Waals surface area (Å²) < 4.78 is 19.5. The fraction of sp³-hybridized carbons (Fsp3) is 0.0500. The first-order valence-corrected chi connectivity index (χ1v) is 7.70. The lowest BCUT2D eigenvalue weighted by Crippen LogP contribution is -2.01. The lowest BCUT2D eigenvalue weighted by molar-refractivity contribution is 0.0697. The minimum Gasteiger partial charge on any atom is -0.478 e. The lowest BCUT2D eigenvalue weighted by Gasteiger charge is -2.10. The molecule has 0 radical (unpaired) electrons. The van der Waals surface area contributed by atoms with Gasteiger partial charge in [-0.25, -0.2) is 9.18 Å². The SMILES string of the molecule is O=C(O)c1ccc(NCc2ccc(F)c(Oc3ccccc3)c2)cc1. The van der Waals surface area contributed by atoms with Crippen LogP contribution in [0.1, 0.15) is 15.9 Å². The zero-order valence-electron chi connectivity index (χ0n) is 13.3. The predicted octanol–water partition coefficient (Wildman–Crippen LogP) is 4.93. The Morgan fingerprint density at radius 3 is 2.40 bits per heavy atom. The number of carboxylic acid groups (broad SMARTS) is 1. The summed E-state index contributed by atoms with van der Waals surface area (Å²) >= 11 is 0. The number of para-hydroxylation sites is 1. The van der Waals surface area contributed by atoms with E-state index in [1.165, 1.54) is 18.2 Å². The molecule has 0 bridgehead atoms. The quantitative estimate of drug-likeness (QED) is 0.670. The molecule has 0 saturated carbocycles. The van der Waals surface area contributed by atoms with Crippen molar-refractivity contribution in [3.8, 4) is 11.5 Å². The van der Waals surface area contributed by atoms with Crippen LogP contribution in [0.15, 0.2) is 72.8 Å². The van der Waals surface area contributed by atoms with Crippen molar-refractivity contribution in [2.24, 2.45) is 0 Å². The molecular formula is C20H16FNO3. The van der Waals surface area contributed by atoms with Gasteiger partial charge in [-0.2, -0.15) is 0 Å². The molecule has 0 atom stereocenters. The molecule has 5 heteroatoms. The first-order chi connectivity index (χ1) is 12.1. The van der Waals surface area contributed by atoms with Crippen molar-refractivity contribution in [3.05, 3.63) is 89.7 Å². The number of halogens is 1. The number of hydrogen-bond acceptors (Lipinski definition) is 3. The van der Waals surface area contributed by atoms with Crippen LogP contribution in [0.3, 0.4) is 0 Å². The van der Waals surface area contributed by atoms with Gasteiger partial charge in [-0.3, -0.25) is 0 Å². The van der Waals surface area contributed by atoms with Crippen LogP contribution in [0.5, 0.6) is 11.5 Å². The molecule has 0 amide bonds. The average Bonchev–Trinajstić information content (AvgIpc) is 2.63. The number of anilines is 1. The molecule has 0 fully saturated rings. The number of ether oxygens (including phenoxy) is 1. The monoisotopic (exact) mass is 337 g/mol. The van der Waals surface area contributed by atoms with Crippen LogP contribution in [-0.2, 0) is 6.54 Å². The van der Waals surface area contributed by atoms with E-state index < -0.39 is 11.8 Å². The second-order valence-corrected chi connectivity index (χ2v) is 5.42. The van der Waals surface area contributed by atoms with Gasteiger partial charge in [0.1, 0.15) is 5.75 Å². The van der Waals surface area contributed by atoms with Gasteiger partial charge in [0.2, 0.25) is 0 Å².